The van der Waals surface area contributed by atoms with Gasteiger partial charge in [-0.15, -0.1) is 0 Å². The number of hydrogen-bond donors (Lipinski definition) is 1. The van der Waals surface area contributed by atoms with Crippen LogP contribution in [0.3, 0.4) is 0 Å². The minimum Gasteiger partial charge on any atom is -0.300 e. The van der Waals surface area contributed by atoms with Gasteiger partial charge in [0, 0.05) is 0 Å². The topological polar surface area (TPSA) is 39.1 Å². The van der Waals surface area contributed by atoms with Crippen LogP contribution in [-0.2, 0) is 0 Å². The van der Waals surface area contributed by atoms with Crippen molar-refractivity contribution < 1.29 is 13.2 Å². The smallest absolute Gasteiger partial charge is 0.300 e. The zero-order chi connectivity index (χ0) is 14.2. The number of nitrogens with zero attached hydrogens (tertiary/aromatic N) is 2. The van der Waals surface area contributed by atoms with Crippen LogP contribution in [0.25, 0.3) is 0 Å². The maximum absolute atomic E-state index is 12.1. The second-order valence-corrected chi connectivity index (χ2v) is 4.53. The third kappa shape index (κ3) is 6.82. The van der Waals surface area contributed by atoms with Crippen molar-refractivity contribution in [3.63, 3.8) is 0 Å². The van der Waals surface area contributed by atoms with E-state index >= 15 is 0 Å². The molecule has 0 aromatic carbocycles. The number of nitrogens with one attached hydrogen (secondary N) is 1. The molecule has 1 N–H and O–H groups in total. The van der Waals surface area contributed by atoms with E-state index in [1.165, 1.54) is 11.9 Å². The Kier molecular flexibility index (Phi) is 7.26. The van der Waals surface area contributed by atoms with Crippen LogP contribution in [0.2, 0.25) is 0 Å². The summed E-state index contributed by atoms with van der Waals surface area (Å²) in [4.78, 5) is 1.24. The molecule has 0 aliphatic rings. The van der Waals surface area contributed by atoms with Gasteiger partial charge >= 0.3 is 6.18 Å². The van der Waals surface area contributed by atoms with E-state index in [9.17, 15) is 13.2 Å². The molecule has 0 aliphatic heterocycles. The highest BCUT2D eigenvalue weighted by Crippen LogP contribution is 2.19. The van der Waals surface area contributed by atoms with Crippen LogP contribution in [0.1, 0.15) is 33.1 Å². The Balaban J connectivity index is 4.12. The van der Waals surface area contributed by atoms with Gasteiger partial charge in [-0.3, -0.25) is 10.2 Å². The largest absolute Gasteiger partial charge is 0.401 e. The van der Waals surface area contributed by atoms with Gasteiger partial charge in [0.1, 0.15) is 5.54 Å². The first-order chi connectivity index (χ1) is 8.28. The fourth-order valence-corrected chi connectivity index (χ4v) is 1.94. The Morgan fingerprint density at radius 1 is 1.28 bits per heavy atom. The number of rotatable bonds is 8. The first kappa shape index (κ1) is 17.2. The van der Waals surface area contributed by atoms with E-state index in [4.69, 9.17) is 5.26 Å². The molecular formula is C12H22F3N3. The SMILES string of the molecule is CCNC(C#N)(CC)CCCN(C)CC(F)(F)F. The van der Waals surface area contributed by atoms with Gasteiger partial charge in [-0.2, -0.15) is 18.4 Å². The van der Waals surface area contributed by atoms with Gasteiger partial charge in [-0.1, -0.05) is 13.8 Å². The number of nitriles is 1. The molecule has 0 rings (SSSR count). The summed E-state index contributed by atoms with van der Waals surface area (Å²) in [6, 6.07) is 2.24. The van der Waals surface area contributed by atoms with Gasteiger partial charge in [0.15, 0.2) is 0 Å². The van der Waals surface area contributed by atoms with Crippen molar-refractivity contribution >= 4 is 0 Å². The van der Waals surface area contributed by atoms with E-state index in [1.54, 1.807) is 0 Å². The summed E-state index contributed by atoms with van der Waals surface area (Å²) in [5, 5.41) is 12.3. The summed E-state index contributed by atoms with van der Waals surface area (Å²) in [7, 11) is 1.45. The van der Waals surface area contributed by atoms with Crippen molar-refractivity contribution in [1.82, 2.24) is 10.2 Å². The number of hydrogen-bond acceptors (Lipinski definition) is 3. The number of halogens is 3. The van der Waals surface area contributed by atoms with Crippen molar-refractivity contribution in [2.45, 2.75) is 44.8 Å². The van der Waals surface area contributed by atoms with Crippen LogP contribution in [0, 0.1) is 11.3 Å². The van der Waals surface area contributed by atoms with Crippen molar-refractivity contribution in [2.75, 3.05) is 26.7 Å². The second kappa shape index (κ2) is 7.59. The monoisotopic (exact) mass is 265 g/mol. The molecule has 3 nitrogen and oxygen atoms in total. The van der Waals surface area contributed by atoms with E-state index in [1.807, 2.05) is 13.8 Å². The summed E-state index contributed by atoms with van der Waals surface area (Å²) in [6.07, 6.45) is -2.37. The summed E-state index contributed by atoms with van der Waals surface area (Å²) < 4.78 is 36.3. The molecule has 1 unspecified atom stereocenters. The molecule has 0 fully saturated rings. The minimum absolute atomic E-state index is 0.342. The molecule has 18 heavy (non-hydrogen) atoms. The summed E-state index contributed by atoms with van der Waals surface area (Å²) in [5.41, 5.74) is -0.603. The second-order valence-electron chi connectivity index (χ2n) is 4.53. The van der Waals surface area contributed by atoms with E-state index in [2.05, 4.69) is 11.4 Å². The number of alkyl halides is 3. The highest BCUT2D eigenvalue weighted by atomic mass is 19.4. The van der Waals surface area contributed by atoms with Crippen molar-refractivity contribution in [3.05, 3.63) is 0 Å². The van der Waals surface area contributed by atoms with E-state index in [0.717, 1.165) is 0 Å². The highest BCUT2D eigenvalue weighted by Gasteiger charge is 2.30. The molecule has 1 atom stereocenters. The maximum atomic E-state index is 12.1. The predicted octanol–water partition coefficient (Wildman–Crippen LogP) is 2.54. The first-order valence-corrected chi connectivity index (χ1v) is 6.20. The Hall–Kier alpha value is -0.800. The maximum Gasteiger partial charge on any atom is 0.401 e. The molecular weight excluding hydrogens is 243 g/mol. The molecule has 0 saturated carbocycles. The van der Waals surface area contributed by atoms with Gasteiger partial charge in [0.2, 0.25) is 0 Å². The quantitative estimate of drug-likeness (QED) is 0.733. The van der Waals surface area contributed by atoms with Crippen LogP contribution >= 0.6 is 0 Å². The van der Waals surface area contributed by atoms with E-state index in [-0.39, 0.29) is 0 Å². The van der Waals surface area contributed by atoms with Crippen molar-refractivity contribution in [1.29, 1.82) is 5.26 Å². The van der Waals surface area contributed by atoms with Gasteiger partial charge in [0.25, 0.3) is 0 Å². The standard InChI is InChI=1S/C12H22F3N3/c1-4-11(9-16,17-5-2)7-6-8-18(3)10-12(13,14)15/h17H,4-8,10H2,1-3H3. The highest BCUT2D eigenvalue weighted by molar-refractivity contribution is 5.05. The Morgan fingerprint density at radius 3 is 2.28 bits per heavy atom. The third-order valence-corrected chi connectivity index (χ3v) is 2.93. The molecule has 0 heterocycles. The van der Waals surface area contributed by atoms with E-state index < -0.39 is 18.3 Å². The van der Waals surface area contributed by atoms with Gasteiger partial charge < -0.3 is 0 Å². The van der Waals surface area contributed by atoms with Crippen LogP contribution in [-0.4, -0.2) is 43.3 Å². The Labute approximate surface area is 107 Å². The fourth-order valence-electron chi connectivity index (χ4n) is 1.94. The fraction of sp³-hybridized carbons (Fsp3) is 0.917. The zero-order valence-electron chi connectivity index (χ0n) is 11.3. The Morgan fingerprint density at radius 2 is 1.89 bits per heavy atom. The molecule has 6 heteroatoms. The first-order valence-electron chi connectivity index (χ1n) is 6.20. The minimum atomic E-state index is -4.16. The molecule has 0 saturated heterocycles. The van der Waals surface area contributed by atoms with Crippen LogP contribution in [0.15, 0.2) is 0 Å². The summed E-state index contributed by atoms with van der Waals surface area (Å²) in [5.74, 6) is 0. The molecule has 0 aromatic heterocycles. The molecule has 0 aromatic rings. The van der Waals surface area contributed by atoms with Gasteiger partial charge in [-0.05, 0) is 39.4 Å². The zero-order valence-corrected chi connectivity index (χ0v) is 11.3. The predicted molar refractivity (Wildman–Crippen MR) is 65.1 cm³/mol. The van der Waals surface area contributed by atoms with E-state index in [0.29, 0.717) is 32.4 Å². The lowest BCUT2D eigenvalue weighted by Crippen LogP contribution is -2.44. The van der Waals surface area contributed by atoms with Crippen LogP contribution < -0.4 is 5.32 Å². The molecule has 0 amide bonds. The lowest BCUT2D eigenvalue weighted by Gasteiger charge is -2.27. The Bertz CT molecular complexity index is 273. The van der Waals surface area contributed by atoms with Crippen molar-refractivity contribution in [2.24, 2.45) is 0 Å². The molecule has 0 bridgehead atoms. The van der Waals surface area contributed by atoms with Crippen LogP contribution in [0.5, 0.6) is 0 Å². The molecule has 0 aliphatic carbocycles. The molecule has 0 radical (unpaired) electrons. The third-order valence-electron chi connectivity index (χ3n) is 2.93. The average molecular weight is 265 g/mol. The normalized spacial score (nSPS) is 15.4. The molecule has 106 valence electrons. The average Bonchev–Trinajstić information content (AvgIpc) is 2.25. The van der Waals surface area contributed by atoms with Gasteiger partial charge in [-0.25, -0.2) is 0 Å². The lowest BCUT2D eigenvalue weighted by atomic mass is 9.92. The molecule has 0 spiro atoms. The summed E-state index contributed by atoms with van der Waals surface area (Å²) >= 11 is 0. The lowest BCUT2D eigenvalue weighted by molar-refractivity contribution is -0.143. The van der Waals surface area contributed by atoms with Gasteiger partial charge in [0.05, 0.1) is 12.6 Å². The van der Waals surface area contributed by atoms with Crippen LogP contribution in [0.4, 0.5) is 13.2 Å². The van der Waals surface area contributed by atoms with Crippen molar-refractivity contribution in [3.8, 4) is 6.07 Å². The summed E-state index contributed by atoms with van der Waals surface area (Å²) in [6.45, 7) is 3.94.